The zero-order valence-corrected chi connectivity index (χ0v) is 19.0. The van der Waals surface area contributed by atoms with E-state index in [1.54, 1.807) is 0 Å². The lowest BCUT2D eigenvalue weighted by molar-refractivity contribution is -0.136. The number of morpholine rings is 1. The molecule has 1 aromatic carbocycles. The maximum atomic E-state index is 13.5. The zero-order valence-electron chi connectivity index (χ0n) is 17.5. The second kappa shape index (κ2) is 11.5. The smallest absolute Gasteiger partial charge is 0.379 e. The molecule has 9 heteroatoms. The van der Waals surface area contributed by atoms with Gasteiger partial charge in [0.1, 0.15) is 0 Å². The first kappa shape index (κ1) is 24.3. The fourth-order valence-electron chi connectivity index (χ4n) is 3.97. The summed E-state index contributed by atoms with van der Waals surface area (Å²) >= 11 is 11.4. The number of anilines is 1. The molecule has 0 aromatic heterocycles. The third-order valence-corrected chi connectivity index (χ3v) is 6.27. The van der Waals surface area contributed by atoms with E-state index >= 15 is 0 Å². The first-order valence-electron chi connectivity index (χ1n) is 10.7. The van der Waals surface area contributed by atoms with Crippen LogP contribution in [0.3, 0.4) is 0 Å². The van der Waals surface area contributed by atoms with Crippen LogP contribution in [0.5, 0.6) is 0 Å². The van der Waals surface area contributed by atoms with Crippen LogP contribution in [0.2, 0.25) is 5.02 Å². The molecule has 31 heavy (non-hydrogen) atoms. The Morgan fingerprint density at radius 1 is 1.26 bits per heavy atom. The molecule has 0 spiro atoms. The minimum atomic E-state index is -4.52. The fourth-order valence-corrected chi connectivity index (χ4v) is 4.42. The van der Waals surface area contributed by atoms with E-state index in [4.69, 9.17) is 28.6 Å². The third-order valence-electron chi connectivity index (χ3n) is 5.68. The number of hydrogen-bond donors (Lipinski definition) is 1. The van der Waals surface area contributed by atoms with Gasteiger partial charge < -0.3 is 15.0 Å². The Bertz CT molecular complexity index is 769. The second-order valence-electron chi connectivity index (χ2n) is 8.02. The molecule has 0 radical (unpaired) electrons. The summed E-state index contributed by atoms with van der Waals surface area (Å²) in [4.78, 5) is 4.37. The van der Waals surface area contributed by atoms with Gasteiger partial charge in [0.15, 0.2) is 5.11 Å². The van der Waals surface area contributed by atoms with Crippen molar-refractivity contribution in [1.29, 1.82) is 0 Å². The molecular weight excluding hydrogens is 447 g/mol. The predicted molar refractivity (Wildman–Crippen MR) is 123 cm³/mol. The van der Waals surface area contributed by atoms with Gasteiger partial charge in [-0.2, -0.15) is 13.2 Å². The van der Waals surface area contributed by atoms with E-state index in [-0.39, 0.29) is 10.7 Å². The molecular formula is C22H29ClF3N3OS. The number of thiocarbonyl (C=S) groups is 1. The molecule has 0 amide bonds. The summed E-state index contributed by atoms with van der Waals surface area (Å²) in [6.07, 6.45) is 3.79. The number of halogens is 4. The molecule has 0 bridgehead atoms. The van der Waals surface area contributed by atoms with Crippen molar-refractivity contribution >= 4 is 34.6 Å². The van der Waals surface area contributed by atoms with E-state index in [0.717, 1.165) is 71.1 Å². The van der Waals surface area contributed by atoms with Gasteiger partial charge in [-0.05, 0) is 62.0 Å². The molecule has 1 aromatic rings. The van der Waals surface area contributed by atoms with Gasteiger partial charge in [-0.15, -0.1) is 0 Å². The Kier molecular flexibility index (Phi) is 9.01. The molecule has 1 unspecified atom stereocenters. The Morgan fingerprint density at radius 2 is 2.03 bits per heavy atom. The van der Waals surface area contributed by atoms with Crippen LogP contribution in [0.15, 0.2) is 30.4 Å². The van der Waals surface area contributed by atoms with Gasteiger partial charge in [-0.1, -0.05) is 23.8 Å². The average Bonchev–Trinajstić information content (AvgIpc) is 2.75. The van der Waals surface area contributed by atoms with Crippen molar-refractivity contribution in [3.05, 3.63) is 40.9 Å². The highest BCUT2D eigenvalue weighted by Crippen LogP contribution is 2.36. The van der Waals surface area contributed by atoms with E-state index in [9.17, 15) is 13.2 Å². The molecule has 0 saturated carbocycles. The van der Waals surface area contributed by atoms with Crippen LogP contribution in [0.1, 0.15) is 31.2 Å². The van der Waals surface area contributed by atoms with Crippen LogP contribution in [-0.2, 0) is 10.9 Å². The van der Waals surface area contributed by atoms with Crippen molar-refractivity contribution in [3.63, 3.8) is 0 Å². The van der Waals surface area contributed by atoms with Crippen LogP contribution in [0.25, 0.3) is 0 Å². The Morgan fingerprint density at radius 3 is 2.71 bits per heavy atom. The molecule has 1 aliphatic carbocycles. The van der Waals surface area contributed by atoms with Crippen molar-refractivity contribution < 1.29 is 17.9 Å². The molecule has 172 valence electrons. The van der Waals surface area contributed by atoms with Crippen LogP contribution in [0, 0.1) is 5.92 Å². The molecule has 4 nitrogen and oxygen atoms in total. The van der Waals surface area contributed by atoms with Crippen LogP contribution < -0.4 is 5.32 Å². The highest BCUT2D eigenvalue weighted by atomic mass is 35.5. The molecule has 1 atom stereocenters. The predicted octanol–water partition coefficient (Wildman–Crippen LogP) is 5.44. The number of ether oxygens (including phenoxy) is 1. The Hall–Kier alpha value is -1.35. The van der Waals surface area contributed by atoms with Crippen LogP contribution in [-0.4, -0.2) is 60.8 Å². The summed E-state index contributed by atoms with van der Waals surface area (Å²) in [5, 5.41) is 3.21. The van der Waals surface area contributed by atoms with Gasteiger partial charge in [-0.25, -0.2) is 0 Å². The first-order valence-corrected chi connectivity index (χ1v) is 11.5. The number of alkyl halides is 3. The van der Waals surface area contributed by atoms with Gasteiger partial charge in [0.05, 0.1) is 24.5 Å². The van der Waals surface area contributed by atoms with Gasteiger partial charge in [0.25, 0.3) is 0 Å². The first-order chi connectivity index (χ1) is 14.8. The molecule has 3 rings (SSSR count). The van der Waals surface area contributed by atoms with E-state index in [2.05, 4.69) is 22.4 Å². The highest BCUT2D eigenvalue weighted by Gasteiger charge is 2.34. The zero-order chi connectivity index (χ0) is 22.3. The summed E-state index contributed by atoms with van der Waals surface area (Å²) in [6.45, 7) is 5.66. The van der Waals surface area contributed by atoms with E-state index in [1.807, 2.05) is 4.90 Å². The number of rotatable bonds is 7. The molecule has 1 saturated heterocycles. The van der Waals surface area contributed by atoms with Crippen molar-refractivity contribution in [2.24, 2.45) is 5.92 Å². The highest BCUT2D eigenvalue weighted by molar-refractivity contribution is 7.80. The van der Waals surface area contributed by atoms with Crippen molar-refractivity contribution in [3.8, 4) is 0 Å². The number of hydrogen-bond acceptors (Lipinski definition) is 3. The number of nitrogens with zero attached hydrogens (tertiary/aromatic N) is 2. The normalized spacial score (nSPS) is 19.9. The van der Waals surface area contributed by atoms with E-state index in [1.165, 1.54) is 12.1 Å². The largest absolute Gasteiger partial charge is 0.418 e. The number of nitrogens with one attached hydrogen (secondary N) is 1. The van der Waals surface area contributed by atoms with Gasteiger partial charge in [0.2, 0.25) is 0 Å². The Labute approximate surface area is 192 Å². The van der Waals surface area contributed by atoms with E-state index < -0.39 is 11.7 Å². The SMILES string of the molecule is FC(F)(F)c1cc(Cl)ccc1NC(=S)N(CCCN1CCOCC1)CC1CC=CCC1. The van der Waals surface area contributed by atoms with Crippen LogP contribution >= 0.6 is 23.8 Å². The summed E-state index contributed by atoms with van der Waals surface area (Å²) in [5.41, 5.74) is -0.875. The van der Waals surface area contributed by atoms with Crippen molar-refractivity contribution in [2.75, 3.05) is 51.3 Å². The topological polar surface area (TPSA) is 27.7 Å². The standard InChI is InChI=1S/C22H29ClF3N3OS/c23-18-7-8-20(19(15-18)22(24,25)26)27-21(31)29(16-17-5-2-1-3-6-17)10-4-9-28-11-13-30-14-12-28/h1-2,7-8,15,17H,3-6,9-14,16H2,(H,27,31). The third kappa shape index (κ3) is 7.63. The molecule has 1 fully saturated rings. The van der Waals surface area contributed by atoms with Gasteiger partial charge >= 0.3 is 6.18 Å². The molecule has 1 N–H and O–H groups in total. The summed E-state index contributed by atoms with van der Waals surface area (Å²) < 4.78 is 45.8. The minimum Gasteiger partial charge on any atom is -0.379 e. The number of allylic oxidation sites excluding steroid dienone is 2. The lowest BCUT2D eigenvalue weighted by atomic mass is 9.94. The van der Waals surface area contributed by atoms with Gasteiger partial charge in [0, 0.05) is 37.7 Å². The minimum absolute atomic E-state index is 0.0418. The lowest BCUT2D eigenvalue weighted by Gasteiger charge is -2.32. The second-order valence-corrected chi connectivity index (χ2v) is 8.85. The van der Waals surface area contributed by atoms with Crippen LogP contribution in [0.4, 0.5) is 18.9 Å². The monoisotopic (exact) mass is 475 g/mol. The molecule has 1 heterocycles. The van der Waals surface area contributed by atoms with Gasteiger partial charge in [-0.3, -0.25) is 4.90 Å². The average molecular weight is 476 g/mol. The summed E-state index contributed by atoms with van der Waals surface area (Å²) in [5.74, 6) is 0.445. The van der Waals surface area contributed by atoms with Crippen molar-refractivity contribution in [2.45, 2.75) is 31.9 Å². The fraction of sp³-hybridized carbons (Fsp3) is 0.591. The number of benzene rings is 1. The maximum absolute atomic E-state index is 13.5. The lowest BCUT2D eigenvalue weighted by Crippen LogP contribution is -2.42. The van der Waals surface area contributed by atoms with E-state index in [0.29, 0.717) is 17.6 Å². The van der Waals surface area contributed by atoms with Crippen molar-refractivity contribution in [1.82, 2.24) is 9.80 Å². The maximum Gasteiger partial charge on any atom is 0.418 e. The Balaban J connectivity index is 1.67. The summed E-state index contributed by atoms with van der Waals surface area (Å²) in [6, 6.07) is 3.71. The molecule has 2 aliphatic rings. The summed E-state index contributed by atoms with van der Waals surface area (Å²) in [7, 11) is 0. The quantitative estimate of drug-likeness (QED) is 0.419. The molecule has 1 aliphatic heterocycles.